The molecule has 1 N–H and O–H groups in total. The Hall–Kier alpha value is -2.01. The van der Waals surface area contributed by atoms with E-state index < -0.39 is 10.0 Å². The van der Waals surface area contributed by atoms with Gasteiger partial charge in [0.1, 0.15) is 10.7 Å². The number of carbonyl (C=O) groups is 1. The molecule has 10 heteroatoms. The Kier molecular flexibility index (Phi) is 5.86. The summed E-state index contributed by atoms with van der Waals surface area (Å²) in [4.78, 5) is 22.2. The monoisotopic (exact) mass is 435 g/mol. The standard InChI is InChI=1S/C19H25N5O3S2/c1-22-7-9-24(10-8-22)29(26,27)16-2-3-18(20-12-16)21-13-19(25)23-6-4-17-15(14-23)5-11-28-17/h2-3,5,11-12H,4,6-10,13-14H2,1H3,(H,20,21). The lowest BCUT2D eigenvalue weighted by Gasteiger charge is -2.31. The fourth-order valence-corrected chi connectivity index (χ4v) is 5.81. The number of rotatable bonds is 5. The number of carbonyl (C=O) groups excluding carboxylic acids is 1. The zero-order chi connectivity index (χ0) is 20.4. The number of anilines is 1. The number of hydrogen-bond acceptors (Lipinski definition) is 7. The van der Waals surface area contributed by atoms with Crippen molar-refractivity contribution in [3.63, 3.8) is 0 Å². The third kappa shape index (κ3) is 4.45. The third-order valence-corrected chi connectivity index (χ3v) is 8.32. The molecule has 0 radical (unpaired) electrons. The van der Waals surface area contributed by atoms with E-state index in [1.165, 1.54) is 20.9 Å². The summed E-state index contributed by atoms with van der Waals surface area (Å²) in [6.45, 7) is 3.91. The number of piperazine rings is 1. The summed E-state index contributed by atoms with van der Waals surface area (Å²) in [6, 6.07) is 5.24. The SMILES string of the molecule is CN1CCN(S(=O)(=O)c2ccc(NCC(=O)N3CCc4sccc4C3)nc2)CC1. The van der Waals surface area contributed by atoms with Gasteiger partial charge >= 0.3 is 0 Å². The molecule has 156 valence electrons. The van der Waals surface area contributed by atoms with Crippen LogP contribution in [0.3, 0.4) is 0 Å². The average molecular weight is 436 g/mol. The van der Waals surface area contributed by atoms with E-state index in [4.69, 9.17) is 0 Å². The predicted molar refractivity (Wildman–Crippen MR) is 112 cm³/mol. The Balaban J connectivity index is 1.33. The molecule has 8 nitrogen and oxygen atoms in total. The van der Waals surface area contributed by atoms with Gasteiger partial charge in [-0.15, -0.1) is 11.3 Å². The van der Waals surface area contributed by atoms with Crippen molar-refractivity contribution in [1.82, 2.24) is 19.1 Å². The molecule has 1 amide bonds. The fraction of sp³-hybridized carbons (Fsp3) is 0.474. The zero-order valence-corrected chi connectivity index (χ0v) is 18.0. The van der Waals surface area contributed by atoms with Crippen LogP contribution in [0.1, 0.15) is 10.4 Å². The Morgan fingerprint density at radius 2 is 1.97 bits per heavy atom. The number of aromatic nitrogens is 1. The fourth-order valence-electron chi connectivity index (χ4n) is 3.55. The van der Waals surface area contributed by atoms with Crippen molar-refractivity contribution in [2.45, 2.75) is 17.9 Å². The van der Waals surface area contributed by atoms with Crippen molar-refractivity contribution in [3.8, 4) is 0 Å². The van der Waals surface area contributed by atoms with Gasteiger partial charge in [-0.1, -0.05) is 0 Å². The Morgan fingerprint density at radius 1 is 1.17 bits per heavy atom. The van der Waals surface area contributed by atoms with Crippen LogP contribution in [-0.4, -0.2) is 79.7 Å². The number of nitrogens with zero attached hydrogens (tertiary/aromatic N) is 4. The number of thiophene rings is 1. The molecule has 1 fully saturated rings. The molecular formula is C19H25N5O3S2. The number of likely N-dealkylation sites (N-methyl/N-ethyl adjacent to an activating group) is 1. The van der Waals surface area contributed by atoms with Gasteiger partial charge in [-0.2, -0.15) is 4.31 Å². The van der Waals surface area contributed by atoms with Crippen molar-refractivity contribution in [3.05, 3.63) is 40.2 Å². The molecule has 0 spiro atoms. The molecule has 2 aliphatic heterocycles. The van der Waals surface area contributed by atoms with Crippen LogP contribution in [0.2, 0.25) is 0 Å². The van der Waals surface area contributed by atoms with E-state index >= 15 is 0 Å². The topological polar surface area (TPSA) is 85.8 Å². The Labute approximate surface area is 175 Å². The molecule has 2 aliphatic rings. The highest BCUT2D eigenvalue weighted by molar-refractivity contribution is 7.89. The van der Waals surface area contributed by atoms with Crippen LogP contribution in [0.15, 0.2) is 34.7 Å². The first kappa shape index (κ1) is 20.3. The molecule has 0 aliphatic carbocycles. The molecule has 4 heterocycles. The molecule has 2 aromatic rings. The number of pyridine rings is 1. The first-order valence-electron chi connectivity index (χ1n) is 9.65. The first-order chi connectivity index (χ1) is 13.9. The van der Waals surface area contributed by atoms with E-state index in [0.717, 1.165) is 26.1 Å². The third-order valence-electron chi connectivity index (χ3n) is 5.42. The molecule has 0 bridgehead atoms. The summed E-state index contributed by atoms with van der Waals surface area (Å²) in [5, 5.41) is 5.08. The van der Waals surface area contributed by atoms with Crippen molar-refractivity contribution >= 4 is 33.1 Å². The summed E-state index contributed by atoms with van der Waals surface area (Å²) in [5.41, 5.74) is 1.23. The van der Waals surface area contributed by atoms with Crippen LogP contribution in [0, 0.1) is 0 Å². The van der Waals surface area contributed by atoms with Gasteiger partial charge in [0.2, 0.25) is 15.9 Å². The highest BCUT2D eigenvalue weighted by Gasteiger charge is 2.27. The number of hydrogen-bond donors (Lipinski definition) is 1. The van der Waals surface area contributed by atoms with Gasteiger partial charge in [-0.25, -0.2) is 13.4 Å². The lowest BCUT2D eigenvalue weighted by Crippen LogP contribution is -2.47. The molecule has 2 aromatic heterocycles. The average Bonchev–Trinajstić information content (AvgIpc) is 3.20. The summed E-state index contributed by atoms with van der Waals surface area (Å²) < 4.78 is 27.0. The smallest absolute Gasteiger partial charge is 0.244 e. The van der Waals surface area contributed by atoms with Crippen LogP contribution in [0.25, 0.3) is 0 Å². The summed E-state index contributed by atoms with van der Waals surface area (Å²) in [7, 11) is -1.55. The maximum atomic E-state index is 12.7. The Bertz CT molecular complexity index is 966. The van der Waals surface area contributed by atoms with Gasteiger partial charge in [0.05, 0.1) is 6.54 Å². The summed E-state index contributed by atoms with van der Waals surface area (Å²) in [5.74, 6) is 0.502. The molecule has 0 unspecified atom stereocenters. The minimum absolute atomic E-state index is 0.0118. The highest BCUT2D eigenvalue weighted by atomic mass is 32.2. The summed E-state index contributed by atoms with van der Waals surface area (Å²) in [6.07, 6.45) is 2.26. The van der Waals surface area contributed by atoms with Gasteiger partial charge in [0, 0.05) is 50.3 Å². The second-order valence-electron chi connectivity index (χ2n) is 7.37. The van der Waals surface area contributed by atoms with Gasteiger partial charge in [0.15, 0.2) is 0 Å². The second-order valence-corrected chi connectivity index (χ2v) is 10.3. The normalized spacial score (nSPS) is 18.4. The maximum absolute atomic E-state index is 12.7. The van der Waals surface area contributed by atoms with Gasteiger partial charge in [0.25, 0.3) is 0 Å². The highest BCUT2D eigenvalue weighted by Crippen LogP contribution is 2.24. The molecule has 1 saturated heterocycles. The number of amides is 1. The van der Waals surface area contributed by atoms with Crippen molar-refractivity contribution < 1.29 is 13.2 Å². The molecular weight excluding hydrogens is 410 g/mol. The Morgan fingerprint density at radius 3 is 2.69 bits per heavy atom. The van der Waals surface area contributed by atoms with Gasteiger partial charge < -0.3 is 15.1 Å². The molecule has 0 saturated carbocycles. The van der Waals surface area contributed by atoms with Gasteiger partial charge in [-0.3, -0.25) is 4.79 Å². The predicted octanol–water partition coefficient (Wildman–Crippen LogP) is 1.08. The quantitative estimate of drug-likeness (QED) is 0.756. The molecule has 0 aromatic carbocycles. The van der Waals surface area contributed by atoms with Gasteiger partial charge in [-0.05, 0) is 42.6 Å². The van der Waals surface area contributed by atoms with E-state index in [9.17, 15) is 13.2 Å². The van der Waals surface area contributed by atoms with Crippen LogP contribution in [0.5, 0.6) is 0 Å². The molecule has 0 atom stereocenters. The van der Waals surface area contributed by atoms with E-state index in [1.54, 1.807) is 23.5 Å². The van der Waals surface area contributed by atoms with E-state index in [2.05, 4.69) is 26.6 Å². The minimum atomic E-state index is -3.53. The van der Waals surface area contributed by atoms with Crippen molar-refractivity contribution in [2.75, 3.05) is 51.6 Å². The lowest BCUT2D eigenvalue weighted by atomic mass is 10.1. The maximum Gasteiger partial charge on any atom is 0.244 e. The molecule has 29 heavy (non-hydrogen) atoms. The molecule has 4 rings (SSSR count). The van der Waals surface area contributed by atoms with Crippen LogP contribution in [-0.2, 0) is 27.8 Å². The van der Waals surface area contributed by atoms with E-state index in [1.807, 2.05) is 11.9 Å². The van der Waals surface area contributed by atoms with Crippen molar-refractivity contribution in [2.24, 2.45) is 0 Å². The van der Waals surface area contributed by atoms with E-state index in [0.29, 0.717) is 25.5 Å². The lowest BCUT2D eigenvalue weighted by molar-refractivity contribution is -0.130. The first-order valence-corrected chi connectivity index (χ1v) is 12.0. The van der Waals surface area contributed by atoms with Crippen LogP contribution >= 0.6 is 11.3 Å². The van der Waals surface area contributed by atoms with E-state index in [-0.39, 0.29) is 17.3 Å². The number of nitrogens with one attached hydrogen (secondary N) is 1. The zero-order valence-electron chi connectivity index (χ0n) is 16.4. The summed E-state index contributed by atoms with van der Waals surface area (Å²) >= 11 is 1.74. The number of sulfonamides is 1. The largest absolute Gasteiger partial charge is 0.361 e. The van der Waals surface area contributed by atoms with Crippen molar-refractivity contribution in [1.29, 1.82) is 0 Å². The second kappa shape index (κ2) is 8.39. The number of fused-ring (bicyclic) bond motifs is 1. The van der Waals surface area contributed by atoms with Crippen LogP contribution < -0.4 is 5.32 Å². The van der Waals surface area contributed by atoms with Crippen LogP contribution in [0.4, 0.5) is 5.82 Å². The minimum Gasteiger partial charge on any atom is -0.361 e.